The number of benzene rings is 1. The smallest absolute Gasteiger partial charge is 0.253 e. The van der Waals surface area contributed by atoms with Crippen LogP contribution in [0.15, 0.2) is 24.3 Å². The largest absolute Gasteiger partial charge is 0.390 e. The Kier molecular flexibility index (Phi) is 6.33. The third-order valence-corrected chi connectivity index (χ3v) is 5.51. The lowest BCUT2D eigenvalue weighted by molar-refractivity contribution is 0.0137. The van der Waals surface area contributed by atoms with Gasteiger partial charge in [0.15, 0.2) is 0 Å². The molecule has 2 aliphatic rings. The summed E-state index contributed by atoms with van der Waals surface area (Å²) in [4.78, 5) is 17.4. The van der Waals surface area contributed by atoms with Gasteiger partial charge in [-0.05, 0) is 57.2 Å². The van der Waals surface area contributed by atoms with Crippen LogP contribution in [0.25, 0.3) is 0 Å². The highest BCUT2D eigenvalue weighted by molar-refractivity contribution is 5.94. The Morgan fingerprint density at radius 3 is 2.54 bits per heavy atom. The molecule has 1 aromatic rings. The van der Waals surface area contributed by atoms with Crippen molar-refractivity contribution < 1.29 is 14.6 Å². The van der Waals surface area contributed by atoms with E-state index in [-0.39, 0.29) is 5.91 Å². The SMILES string of the molecule is CC(C)(O)CCc1cccc(C(=O)N2CCN(C3CCOCC3)CC2)c1. The van der Waals surface area contributed by atoms with Gasteiger partial charge < -0.3 is 14.7 Å². The van der Waals surface area contributed by atoms with E-state index < -0.39 is 5.60 Å². The van der Waals surface area contributed by atoms with Crippen molar-refractivity contribution in [2.45, 2.75) is 51.2 Å². The second-order valence-electron chi connectivity index (χ2n) is 8.18. The van der Waals surface area contributed by atoms with Gasteiger partial charge in [-0.25, -0.2) is 0 Å². The number of aliphatic hydroxyl groups is 1. The van der Waals surface area contributed by atoms with Gasteiger partial charge in [0, 0.05) is 51.0 Å². The van der Waals surface area contributed by atoms with Gasteiger partial charge in [-0.15, -0.1) is 0 Å². The molecule has 2 aliphatic heterocycles. The molecule has 2 fully saturated rings. The van der Waals surface area contributed by atoms with Crippen LogP contribution in [0.3, 0.4) is 0 Å². The molecule has 0 atom stereocenters. The zero-order chi connectivity index (χ0) is 18.6. The molecule has 1 aromatic carbocycles. The maximum atomic E-state index is 12.9. The monoisotopic (exact) mass is 360 g/mol. The Balaban J connectivity index is 1.54. The Bertz CT molecular complexity index is 598. The fraction of sp³-hybridized carbons (Fsp3) is 0.667. The first-order chi connectivity index (χ1) is 12.4. The van der Waals surface area contributed by atoms with Crippen LogP contribution in [0.5, 0.6) is 0 Å². The Morgan fingerprint density at radius 1 is 1.19 bits per heavy atom. The van der Waals surface area contributed by atoms with Gasteiger partial charge in [0.2, 0.25) is 0 Å². The molecule has 2 saturated heterocycles. The molecule has 0 aromatic heterocycles. The number of rotatable bonds is 5. The Labute approximate surface area is 156 Å². The summed E-state index contributed by atoms with van der Waals surface area (Å²) in [6.45, 7) is 8.86. The first-order valence-corrected chi connectivity index (χ1v) is 9.85. The summed E-state index contributed by atoms with van der Waals surface area (Å²) in [5.74, 6) is 0.127. The number of hydrogen-bond donors (Lipinski definition) is 1. The lowest BCUT2D eigenvalue weighted by Gasteiger charge is -2.40. The van der Waals surface area contributed by atoms with Gasteiger partial charge >= 0.3 is 0 Å². The van der Waals surface area contributed by atoms with Crippen molar-refractivity contribution in [1.29, 1.82) is 0 Å². The highest BCUT2D eigenvalue weighted by Crippen LogP contribution is 2.19. The molecule has 0 unspecified atom stereocenters. The van der Waals surface area contributed by atoms with Gasteiger partial charge in [0.05, 0.1) is 5.60 Å². The van der Waals surface area contributed by atoms with Crippen LogP contribution in [-0.2, 0) is 11.2 Å². The summed E-state index contributed by atoms with van der Waals surface area (Å²) in [6.07, 6.45) is 3.69. The van der Waals surface area contributed by atoms with Crippen LogP contribution >= 0.6 is 0 Å². The van der Waals surface area contributed by atoms with Crippen molar-refractivity contribution in [1.82, 2.24) is 9.80 Å². The lowest BCUT2D eigenvalue weighted by atomic mass is 9.97. The van der Waals surface area contributed by atoms with Crippen LogP contribution in [-0.4, -0.2) is 71.8 Å². The molecule has 3 rings (SSSR count). The van der Waals surface area contributed by atoms with Crippen LogP contribution in [0.1, 0.15) is 49.0 Å². The second kappa shape index (κ2) is 8.51. The van der Waals surface area contributed by atoms with Crippen LogP contribution in [0, 0.1) is 0 Å². The van der Waals surface area contributed by atoms with Gasteiger partial charge in [-0.2, -0.15) is 0 Å². The van der Waals surface area contributed by atoms with E-state index in [4.69, 9.17) is 4.74 Å². The number of ether oxygens (including phenoxy) is 1. The van der Waals surface area contributed by atoms with Gasteiger partial charge in [-0.3, -0.25) is 9.69 Å². The van der Waals surface area contributed by atoms with E-state index in [1.165, 1.54) is 0 Å². The molecule has 144 valence electrons. The first kappa shape index (κ1) is 19.3. The normalized spacial score (nSPS) is 20.3. The maximum Gasteiger partial charge on any atom is 0.253 e. The molecule has 1 N–H and O–H groups in total. The van der Waals surface area contributed by atoms with E-state index in [0.29, 0.717) is 12.5 Å². The standard InChI is InChI=1S/C21H32N2O3/c1-21(2,25)9-6-17-4-3-5-18(16-17)20(24)23-12-10-22(11-13-23)19-7-14-26-15-8-19/h3-5,16,19,25H,6-15H2,1-2H3. The highest BCUT2D eigenvalue weighted by Gasteiger charge is 2.27. The van der Waals surface area contributed by atoms with Crippen molar-refractivity contribution in [2.24, 2.45) is 0 Å². The minimum atomic E-state index is -0.680. The molecule has 26 heavy (non-hydrogen) atoms. The first-order valence-electron chi connectivity index (χ1n) is 9.85. The molecule has 5 nitrogen and oxygen atoms in total. The lowest BCUT2D eigenvalue weighted by Crippen LogP contribution is -2.53. The molecule has 0 spiro atoms. The van der Waals surface area contributed by atoms with Gasteiger partial charge in [-0.1, -0.05) is 12.1 Å². The number of piperazine rings is 1. The molecule has 5 heteroatoms. The molecule has 0 bridgehead atoms. The zero-order valence-electron chi connectivity index (χ0n) is 16.1. The van der Waals surface area contributed by atoms with Crippen LogP contribution < -0.4 is 0 Å². The van der Waals surface area contributed by atoms with E-state index in [0.717, 1.165) is 69.8 Å². The van der Waals surface area contributed by atoms with E-state index in [1.54, 1.807) is 0 Å². The fourth-order valence-electron chi connectivity index (χ4n) is 3.83. The Morgan fingerprint density at radius 2 is 1.88 bits per heavy atom. The van der Waals surface area contributed by atoms with E-state index in [2.05, 4.69) is 4.90 Å². The molecule has 0 radical (unpaired) electrons. The van der Waals surface area contributed by atoms with Crippen molar-refractivity contribution in [3.63, 3.8) is 0 Å². The molecule has 2 heterocycles. The predicted octanol–water partition coefficient (Wildman–Crippen LogP) is 2.33. The predicted molar refractivity (Wildman–Crippen MR) is 102 cm³/mol. The summed E-state index contributed by atoms with van der Waals surface area (Å²) in [5.41, 5.74) is 1.19. The summed E-state index contributed by atoms with van der Waals surface area (Å²) >= 11 is 0. The molecular weight excluding hydrogens is 328 g/mol. The second-order valence-corrected chi connectivity index (χ2v) is 8.18. The molecule has 0 saturated carbocycles. The third kappa shape index (κ3) is 5.29. The van der Waals surface area contributed by atoms with E-state index in [1.807, 2.05) is 43.0 Å². The third-order valence-electron chi connectivity index (χ3n) is 5.51. The van der Waals surface area contributed by atoms with Crippen molar-refractivity contribution in [3.8, 4) is 0 Å². The maximum absolute atomic E-state index is 12.9. The minimum Gasteiger partial charge on any atom is -0.390 e. The number of aryl methyl sites for hydroxylation is 1. The molecule has 1 amide bonds. The highest BCUT2D eigenvalue weighted by atomic mass is 16.5. The number of nitrogens with zero attached hydrogens (tertiary/aromatic N) is 2. The summed E-state index contributed by atoms with van der Waals surface area (Å²) in [5, 5.41) is 9.91. The van der Waals surface area contributed by atoms with E-state index in [9.17, 15) is 9.90 Å². The van der Waals surface area contributed by atoms with Crippen molar-refractivity contribution in [3.05, 3.63) is 35.4 Å². The van der Waals surface area contributed by atoms with Crippen molar-refractivity contribution in [2.75, 3.05) is 39.4 Å². The minimum absolute atomic E-state index is 0.127. The average molecular weight is 360 g/mol. The van der Waals surface area contributed by atoms with Gasteiger partial charge in [0.25, 0.3) is 5.91 Å². The van der Waals surface area contributed by atoms with Crippen LogP contribution in [0.4, 0.5) is 0 Å². The number of carbonyl (C=O) groups is 1. The number of carbonyl (C=O) groups excluding carboxylic acids is 1. The molecule has 0 aliphatic carbocycles. The molecular formula is C21H32N2O3. The van der Waals surface area contributed by atoms with Crippen molar-refractivity contribution >= 4 is 5.91 Å². The summed E-state index contributed by atoms with van der Waals surface area (Å²) in [7, 11) is 0. The quantitative estimate of drug-likeness (QED) is 0.876. The topological polar surface area (TPSA) is 53.0 Å². The zero-order valence-corrected chi connectivity index (χ0v) is 16.1. The number of hydrogen-bond acceptors (Lipinski definition) is 4. The van der Waals surface area contributed by atoms with Gasteiger partial charge in [0.1, 0.15) is 0 Å². The summed E-state index contributed by atoms with van der Waals surface area (Å²) in [6, 6.07) is 8.49. The summed E-state index contributed by atoms with van der Waals surface area (Å²) < 4.78 is 5.45. The Hall–Kier alpha value is -1.43. The number of amides is 1. The van der Waals surface area contributed by atoms with E-state index >= 15 is 0 Å². The van der Waals surface area contributed by atoms with Crippen LogP contribution in [0.2, 0.25) is 0 Å². The average Bonchev–Trinajstić information content (AvgIpc) is 2.66. The fourth-order valence-corrected chi connectivity index (χ4v) is 3.83.